The van der Waals surface area contributed by atoms with Gasteiger partial charge in [0.1, 0.15) is 12.4 Å². The quantitative estimate of drug-likeness (QED) is 0.873. The van der Waals surface area contributed by atoms with Gasteiger partial charge in [0.2, 0.25) is 5.91 Å². The Labute approximate surface area is 116 Å². The third-order valence-electron chi connectivity index (χ3n) is 2.95. The average Bonchev–Trinajstić information content (AvgIpc) is 2.87. The van der Waals surface area contributed by atoms with Crippen LogP contribution >= 0.6 is 0 Å². The number of nitrogens with zero attached hydrogens (tertiary/aromatic N) is 2. The number of amides is 1. The maximum absolute atomic E-state index is 13.4. The number of hydrogen-bond donors (Lipinski definition) is 2. The molecule has 2 rings (SSSR count). The van der Waals surface area contributed by atoms with Crippen molar-refractivity contribution in [2.45, 2.75) is 20.0 Å². The van der Waals surface area contributed by atoms with E-state index in [-0.39, 0.29) is 18.3 Å². The smallest absolute Gasteiger partial charge is 0.241 e. The Morgan fingerprint density at radius 1 is 1.45 bits per heavy atom. The molecule has 20 heavy (non-hydrogen) atoms. The summed E-state index contributed by atoms with van der Waals surface area (Å²) in [7, 11) is 1.58. The summed E-state index contributed by atoms with van der Waals surface area (Å²) in [6, 6.07) is 5.14. The van der Waals surface area contributed by atoms with Crippen LogP contribution in [0.2, 0.25) is 0 Å². The molecule has 0 atom stereocenters. The molecule has 0 saturated carbocycles. The van der Waals surface area contributed by atoms with E-state index < -0.39 is 0 Å². The monoisotopic (exact) mass is 276 g/mol. The summed E-state index contributed by atoms with van der Waals surface area (Å²) in [5.74, 6) is -0.320. The zero-order valence-electron chi connectivity index (χ0n) is 11.5. The van der Waals surface area contributed by atoms with E-state index >= 15 is 0 Å². The van der Waals surface area contributed by atoms with Crippen LogP contribution in [0.4, 0.5) is 10.1 Å². The summed E-state index contributed by atoms with van der Waals surface area (Å²) in [6.45, 7) is 2.41. The highest BCUT2D eigenvalue weighted by Crippen LogP contribution is 2.12. The fourth-order valence-corrected chi connectivity index (χ4v) is 1.72. The van der Waals surface area contributed by atoms with E-state index in [0.29, 0.717) is 12.1 Å². The van der Waals surface area contributed by atoms with Crippen molar-refractivity contribution in [1.29, 1.82) is 0 Å². The molecule has 1 heterocycles. The molecule has 0 aliphatic heterocycles. The number of benzene rings is 1. The zero-order valence-corrected chi connectivity index (χ0v) is 11.5. The molecule has 1 aromatic carbocycles. The Kier molecular flexibility index (Phi) is 4.34. The summed E-state index contributed by atoms with van der Waals surface area (Å²) in [5.41, 5.74) is 2.27. The third kappa shape index (κ3) is 3.57. The lowest BCUT2D eigenvalue weighted by atomic mass is 10.1. The first kappa shape index (κ1) is 14.0. The van der Waals surface area contributed by atoms with Crippen LogP contribution in [0.15, 0.2) is 30.6 Å². The van der Waals surface area contributed by atoms with E-state index in [1.165, 1.54) is 10.7 Å². The molecular formula is C14H17FN4O. The minimum Gasteiger partial charge on any atom is -0.378 e. The van der Waals surface area contributed by atoms with Crippen molar-refractivity contribution in [1.82, 2.24) is 15.1 Å². The normalized spacial score (nSPS) is 10.3. The van der Waals surface area contributed by atoms with E-state index in [1.54, 1.807) is 32.4 Å². The maximum Gasteiger partial charge on any atom is 0.241 e. The number of carbonyl (C=O) groups is 1. The number of nitrogens with one attached hydrogen (secondary N) is 2. The molecule has 5 nitrogen and oxygen atoms in total. The first-order valence-electron chi connectivity index (χ1n) is 6.30. The van der Waals surface area contributed by atoms with Gasteiger partial charge in [-0.3, -0.25) is 9.48 Å². The molecule has 0 aliphatic rings. The minimum atomic E-state index is -0.209. The zero-order chi connectivity index (χ0) is 14.5. The molecule has 6 heteroatoms. The Bertz CT molecular complexity index is 609. The number of hydrogen-bond acceptors (Lipinski definition) is 3. The maximum atomic E-state index is 13.4. The van der Waals surface area contributed by atoms with Crippen LogP contribution < -0.4 is 10.6 Å². The highest BCUT2D eigenvalue weighted by atomic mass is 19.1. The van der Waals surface area contributed by atoms with Crippen molar-refractivity contribution < 1.29 is 9.18 Å². The molecule has 0 aliphatic carbocycles. The van der Waals surface area contributed by atoms with E-state index in [1.807, 2.05) is 6.07 Å². The third-order valence-corrected chi connectivity index (χ3v) is 2.95. The SMILES string of the molecule is CNC(=O)Cn1cc(NCc2ccc(C)c(F)c2)cn1. The van der Waals surface area contributed by atoms with Gasteiger partial charge in [-0.05, 0) is 24.1 Å². The number of aromatic nitrogens is 2. The first-order valence-corrected chi connectivity index (χ1v) is 6.30. The van der Waals surface area contributed by atoms with Crippen LogP contribution in [-0.4, -0.2) is 22.7 Å². The molecule has 1 amide bonds. The van der Waals surface area contributed by atoms with E-state index in [0.717, 1.165) is 11.3 Å². The molecule has 0 bridgehead atoms. The number of aryl methyl sites for hydroxylation is 1. The molecule has 0 fully saturated rings. The van der Waals surface area contributed by atoms with Crippen LogP contribution in [0.5, 0.6) is 0 Å². The van der Waals surface area contributed by atoms with Crippen LogP contribution in [0.25, 0.3) is 0 Å². The second kappa shape index (κ2) is 6.18. The van der Waals surface area contributed by atoms with Gasteiger partial charge in [0.05, 0.1) is 11.9 Å². The number of carbonyl (C=O) groups excluding carboxylic acids is 1. The molecule has 2 N–H and O–H groups in total. The molecule has 0 saturated heterocycles. The molecule has 0 unspecified atom stereocenters. The van der Waals surface area contributed by atoms with Crippen molar-refractivity contribution in [2.75, 3.05) is 12.4 Å². The largest absolute Gasteiger partial charge is 0.378 e. The van der Waals surface area contributed by atoms with Crippen molar-refractivity contribution >= 4 is 11.6 Å². The van der Waals surface area contributed by atoms with Gasteiger partial charge in [-0.2, -0.15) is 5.10 Å². The molecule has 106 valence electrons. The van der Waals surface area contributed by atoms with Gasteiger partial charge in [-0.15, -0.1) is 0 Å². The summed E-state index contributed by atoms with van der Waals surface area (Å²) in [5, 5.41) is 9.74. The Hall–Kier alpha value is -2.37. The number of halogens is 1. The highest BCUT2D eigenvalue weighted by Gasteiger charge is 2.03. The number of likely N-dealkylation sites (N-methyl/N-ethyl adjacent to an activating group) is 1. The van der Waals surface area contributed by atoms with Crippen LogP contribution in [0.3, 0.4) is 0 Å². The van der Waals surface area contributed by atoms with Crippen LogP contribution in [0, 0.1) is 12.7 Å². The van der Waals surface area contributed by atoms with Crippen LogP contribution in [0.1, 0.15) is 11.1 Å². The molecule has 1 aromatic heterocycles. The second-order valence-corrected chi connectivity index (χ2v) is 4.54. The van der Waals surface area contributed by atoms with Gasteiger partial charge in [-0.1, -0.05) is 12.1 Å². The van der Waals surface area contributed by atoms with Crippen molar-refractivity contribution in [3.63, 3.8) is 0 Å². The standard InChI is InChI=1S/C14H17FN4O/c1-10-3-4-11(5-13(10)15)6-17-12-7-18-19(8-12)9-14(20)16-2/h3-5,7-8,17H,6,9H2,1-2H3,(H,16,20). The molecule has 0 radical (unpaired) electrons. The van der Waals surface area contributed by atoms with Gasteiger partial charge >= 0.3 is 0 Å². The van der Waals surface area contributed by atoms with Gasteiger partial charge in [0.25, 0.3) is 0 Å². The van der Waals surface area contributed by atoms with Crippen molar-refractivity contribution in [3.05, 3.63) is 47.5 Å². The van der Waals surface area contributed by atoms with E-state index in [4.69, 9.17) is 0 Å². The molecular weight excluding hydrogens is 259 g/mol. The highest BCUT2D eigenvalue weighted by molar-refractivity contribution is 5.75. The average molecular weight is 276 g/mol. The van der Waals surface area contributed by atoms with Gasteiger partial charge in [0.15, 0.2) is 0 Å². The summed E-state index contributed by atoms with van der Waals surface area (Å²) >= 11 is 0. The molecule has 2 aromatic rings. The lowest BCUT2D eigenvalue weighted by molar-refractivity contribution is -0.121. The Balaban J connectivity index is 1.93. The lowest BCUT2D eigenvalue weighted by Gasteiger charge is -2.05. The van der Waals surface area contributed by atoms with Gasteiger partial charge < -0.3 is 10.6 Å². The summed E-state index contributed by atoms with van der Waals surface area (Å²) in [6.07, 6.45) is 3.37. The summed E-state index contributed by atoms with van der Waals surface area (Å²) in [4.78, 5) is 11.2. The van der Waals surface area contributed by atoms with Gasteiger partial charge in [0, 0.05) is 19.8 Å². The number of rotatable bonds is 5. The predicted octanol–water partition coefficient (Wildman–Crippen LogP) is 1.69. The Morgan fingerprint density at radius 3 is 2.95 bits per heavy atom. The van der Waals surface area contributed by atoms with E-state index in [9.17, 15) is 9.18 Å². The Morgan fingerprint density at radius 2 is 2.25 bits per heavy atom. The fourth-order valence-electron chi connectivity index (χ4n) is 1.72. The lowest BCUT2D eigenvalue weighted by Crippen LogP contribution is -2.23. The first-order chi connectivity index (χ1) is 9.58. The van der Waals surface area contributed by atoms with Crippen LogP contribution in [-0.2, 0) is 17.9 Å². The second-order valence-electron chi connectivity index (χ2n) is 4.54. The topological polar surface area (TPSA) is 59.0 Å². The fraction of sp³-hybridized carbons (Fsp3) is 0.286. The predicted molar refractivity (Wildman–Crippen MR) is 74.8 cm³/mol. The summed E-state index contributed by atoms with van der Waals surface area (Å²) < 4.78 is 14.9. The van der Waals surface area contributed by atoms with Gasteiger partial charge in [-0.25, -0.2) is 4.39 Å². The number of anilines is 1. The van der Waals surface area contributed by atoms with E-state index in [2.05, 4.69) is 15.7 Å². The van der Waals surface area contributed by atoms with Crippen molar-refractivity contribution in [3.8, 4) is 0 Å². The minimum absolute atomic E-state index is 0.111. The molecule has 0 spiro atoms. The van der Waals surface area contributed by atoms with Crippen molar-refractivity contribution in [2.24, 2.45) is 0 Å².